The van der Waals surface area contributed by atoms with Gasteiger partial charge in [-0.15, -0.1) is 12.4 Å². The molecule has 1 aliphatic heterocycles. The van der Waals surface area contributed by atoms with E-state index in [1.54, 1.807) is 24.1 Å². The van der Waals surface area contributed by atoms with Gasteiger partial charge in [0.25, 0.3) is 0 Å². The molecule has 1 unspecified atom stereocenters. The van der Waals surface area contributed by atoms with Gasteiger partial charge in [-0.1, -0.05) is 24.3 Å². The van der Waals surface area contributed by atoms with Crippen molar-refractivity contribution in [3.05, 3.63) is 71.0 Å². The van der Waals surface area contributed by atoms with Gasteiger partial charge in [-0.2, -0.15) is 13.2 Å². The highest BCUT2D eigenvalue weighted by atomic mass is 35.5. The maximum atomic E-state index is 13.3. The lowest BCUT2D eigenvalue weighted by Gasteiger charge is -2.32. The maximum Gasteiger partial charge on any atom is 0.416 e. The molecule has 0 N–H and O–H groups in total. The first kappa shape index (κ1) is 24.2. The number of alkyl halides is 3. The number of amides is 1. The van der Waals surface area contributed by atoms with Crippen molar-refractivity contribution in [2.24, 2.45) is 0 Å². The van der Waals surface area contributed by atoms with Crippen LogP contribution in [0.3, 0.4) is 0 Å². The van der Waals surface area contributed by atoms with Gasteiger partial charge >= 0.3 is 6.18 Å². The average Bonchev–Trinajstić information content (AvgIpc) is 3.19. The standard InChI is InChI=1S/C22H24F4N2O.ClH/c1-27(21(29)14-16-4-8-18(9-5-16)22(24,25)26)20(15-28-12-2-3-13-28)17-6-10-19(23)11-7-17;/h4-11,20H,2-3,12-15H2,1H3;1H. The summed E-state index contributed by atoms with van der Waals surface area (Å²) in [6.45, 7) is 2.55. The van der Waals surface area contributed by atoms with Gasteiger partial charge < -0.3 is 9.80 Å². The molecule has 0 saturated carbocycles. The highest BCUT2D eigenvalue weighted by molar-refractivity contribution is 5.85. The summed E-state index contributed by atoms with van der Waals surface area (Å²) >= 11 is 0. The van der Waals surface area contributed by atoms with E-state index in [9.17, 15) is 22.4 Å². The second-order valence-corrected chi connectivity index (χ2v) is 7.45. The Kier molecular flexibility index (Phi) is 8.26. The van der Waals surface area contributed by atoms with E-state index in [4.69, 9.17) is 0 Å². The van der Waals surface area contributed by atoms with E-state index in [-0.39, 0.29) is 36.6 Å². The first-order valence-electron chi connectivity index (χ1n) is 9.63. The van der Waals surface area contributed by atoms with E-state index in [2.05, 4.69) is 4.90 Å². The smallest absolute Gasteiger partial charge is 0.337 e. The fourth-order valence-corrected chi connectivity index (χ4v) is 3.63. The molecule has 30 heavy (non-hydrogen) atoms. The lowest BCUT2D eigenvalue weighted by Crippen LogP contribution is -2.39. The molecule has 1 aliphatic rings. The molecule has 1 atom stereocenters. The molecule has 0 aromatic heterocycles. The van der Waals surface area contributed by atoms with Crippen molar-refractivity contribution in [2.45, 2.75) is 31.5 Å². The number of nitrogens with zero attached hydrogens (tertiary/aromatic N) is 2. The average molecular weight is 445 g/mol. The second kappa shape index (κ2) is 10.3. The summed E-state index contributed by atoms with van der Waals surface area (Å²) in [7, 11) is 1.69. The zero-order valence-corrected chi connectivity index (χ0v) is 17.5. The van der Waals surface area contributed by atoms with Crippen molar-refractivity contribution in [1.29, 1.82) is 0 Å². The number of likely N-dealkylation sites (tertiary alicyclic amines) is 1. The largest absolute Gasteiger partial charge is 0.416 e. The van der Waals surface area contributed by atoms with Gasteiger partial charge in [0.1, 0.15) is 5.82 Å². The Morgan fingerprint density at radius 1 is 1.03 bits per heavy atom. The van der Waals surface area contributed by atoms with Gasteiger partial charge in [0.15, 0.2) is 0 Å². The third kappa shape index (κ3) is 6.19. The van der Waals surface area contributed by atoms with E-state index < -0.39 is 11.7 Å². The molecule has 164 valence electrons. The first-order chi connectivity index (χ1) is 13.7. The van der Waals surface area contributed by atoms with Crippen molar-refractivity contribution in [2.75, 3.05) is 26.7 Å². The molecule has 2 aromatic carbocycles. The Morgan fingerprint density at radius 3 is 2.13 bits per heavy atom. The fraction of sp³-hybridized carbons (Fsp3) is 0.409. The van der Waals surface area contributed by atoms with Crippen molar-refractivity contribution in [3.8, 4) is 0 Å². The minimum Gasteiger partial charge on any atom is -0.337 e. The summed E-state index contributed by atoms with van der Waals surface area (Å²) in [4.78, 5) is 16.7. The molecule has 2 aromatic rings. The molecule has 0 spiro atoms. The molecule has 0 aliphatic carbocycles. The van der Waals surface area contributed by atoms with E-state index >= 15 is 0 Å². The number of halogens is 5. The summed E-state index contributed by atoms with van der Waals surface area (Å²) in [6.07, 6.45) is -2.17. The summed E-state index contributed by atoms with van der Waals surface area (Å²) < 4.78 is 51.5. The van der Waals surface area contributed by atoms with Gasteiger partial charge in [-0.25, -0.2) is 4.39 Å². The van der Waals surface area contributed by atoms with Crippen LogP contribution in [0.5, 0.6) is 0 Å². The maximum absolute atomic E-state index is 13.3. The molecule has 3 nitrogen and oxygen atoms in total. The minimum atomic E-state index is -4.40. The normalized spacial score (nSPS) is 15.5. The van der Waals surface area contributed by atoms with Crippen molar-refractivity contribution >= 4 is 18.3 Å². The SMILES string of the molecule is CN(C(=O)Cc1ccc(C(F)(F)F)cc1)C(CN1CCCC1)c1ccc(F)cc1.Cl. The third-order valence-electron chi connectivity index (χ3n) is 5.38. The molecule has 1 fully saturated rings. The number of rotatable bonds is 6. The Bertz CT molecular complexity index is 819. The number of carbonyl (C=O) groups is 1. The molecular formula is C22H25ClF4N2O. The third-order valence-corrected chi connectivity index (χ3v) is 5.38. The molecular weight excluding hydrogens is 420 g/mol. The summed E-state index contributed by atoms with van der Waals surface area (Å²) in [5, 5.41) is 0. The van der Waals surface area contributed by atoms with Gasteiger partial charge in [0, 0.05) is 13.6 Å². The van der Waals surface area contributed by atoms with Crippen LogP contribution in [0.1, 0.15) is 35.6 Å². The summed E-state index contributed by atoms with van der Waals surface area (Å²) in [6, 6.07) is 10.5. The topological polar surface area (TPSA) is 23.6 Å². The summed E-state index contributed by atoms with van der Waals surface area (Å²) in [5.41, 5.74) is 0.621. The van der Waals surface area contributed by atoms with Crippen LogP contribution < -0.4 is 0 Å². The molecule has 1 amide bonds. The molecule has 0 bridgehead atoms. The predicted molar refractivity (Wildman–Crippen MR) is 110 cm³/mol. The number of benzene rings is 2. The van der Waals surface area contributed by atoms with Crippen LogP contribution >= 0.6 is 12.4 Å². The molecule has 8 heteroatoms. The van der Waals surface area contributed by atoms with Crippen LogP contribution in [0, 0.1) is 5.82 Å². The molecule has 1 heterocycles. The Labute approximate surface area is 180 Å². The highest BCUT2D eigenvalue weighted by Crippen LogP contribution is 2.29. The quantitative estimate of drug-likeness (QED) is 0.578. The predicted octanol–water partition coefficient (Wildman–Crippen LogP) is 5.10. The monoisotopic (exact) mass is 444 g/mol. The van der Waals surface area contributed by atoms with Crippen molar-refractivity contribution in [1.82, 2.24) is 9.80 Å². The lowest BCUT2D eigenvalue weighted by molar-refractivity contribution is -0.137. The highest BCUT2D eigenvalue weighted by Gasteiger charge is 2.30. The Morgan fingerprint density at radius 2 is 1.60 bits per heavy atom. The molecule has 0 radical (unpaired) electrons. The second-order valence-electron chi connectivity index (χ2n) is 7.45. The van der Waals surface area contributed by atoms with Crippen LogP contribution in [0.2, 0.25) is 0 Å². The van der Waals surface area contributed by atoms with Gasteiger partial charge in [0.2, 0.25) is 5.91 Å². The van der Waals surface area contributed by atoms with E-state index in [0.717, 1.165) is 43.6 Å². The summed E-state index contributed by atoms with van der Waals surface area (Å²) in [5.74, 6) is -0.536. The first-order valence-corrected chi connectivity index (χ1v) is 9.63. The van der Waals surface area contributed by atoms with Crippen LogP contribution in [0.25, 0.3) is 0 Å². The molecule has 3 rings (SSSR count). The van der Waals surface area contributed by atoms with E-state index in [0.29, 0.717) is 12.1 Å². The van der Waals surface area contributed by atoms with E-state index in [1.807, 2.05) is 0 Å². The zero-order chi connectivity index (χ0) is 21.0. The van der Waals surface area contributed by atoms with Crippen LogP contribution in [0.15, 0.2) is 48.5 Å². The van der Waals surface area contributed by atoms with Gasteiger partial charge in [0.05, 0.1) is 18.0 Å². The number of hydrogen-bond donors (Lipinski definition) is 0. The van der Waals surface area contributed by atoms with Gasteiger partial charge in [-0.05, 0) is 61.3 Å². The number of carbonyl (C=O) groups excluding carboxylic acids is 1. The van der Waals surface area contributed by atoms with Crippen LogP contribution in [0.4, 0.5) is 17.6 Å². The zero-order valence-electron chi connectivity index (χ0n) is 16.7. The van der Waals surface area contributed by atoms with Crippen LogP contribution in [-0.2, 0) is 17.4 Å². The fourth-order valence-electron chi connectivity index (χ4n) is 3.63. The van der Waals surface area contributed by atoms with Crippen LogP contribution in [-0.4, -0.2) is 42.4 Å². The Hall–Kier alpha value is -2.12. The number of likely N-dealkylation sites (N-methyl/N-ethyl adjacent to an activating group) is 1. The Balaban J connectivity index is 0.00000320. The van der Waals surface area contributed by atoms with Crippen molar-refractivity contribution in [3.63, 3.8) is 0 Å². The minimum absolute atomic E-state index is 0. The lowest BCUT2D eigenvalue weighted by atomic mass is 10.0. The van der Waals surface area contributed by atoms with Crippen molar-refractivity contribution < 1.29 is 22.4 Å². The van der Waals surface area contributed by atoms with E-state index in [1.165, 1.54) is 24.3 Å². The molecule has 1 saturated heterocycles. The number of hydrogen-bond acceptors (Lipinski definition) is 2. The van der Waals surface area contributed by atoms with Gasteiger partial charge in [-0.3, -0.25) is 4.79 Å².